The highest BCUT2D eigenvalue weighted by molar-refractivity contribution is 7.98. The zero-order valence-corrected chi connectivity index (χ0v) is 11.3. The molecular formula is C13H13ClN2S. The molecule has 2 nitrogen and oxygen atoms in total. The number of halogens is 1. The van der Waals surface area contributed by atoms with Crippen molar-refractivity contribution in [3.63, 3.8) is 0 Å². The average Bonchev–Trinajstić information content (AvgIpc) is 2.34. The van der Waals surface area contributed by atoms with Gasteiger partial charge in [-0.25, -0.2) is 9.97 Å². The summed E-state index contributed by atoms with van der Waals surface area (Å²) in [6, 6.07) is 10.2. The third kappa shape index (κ3) is 3.20. The fourth-order valence-corrected chi connectivity index (χ4v) is 2.39. The molecule has 2 rings (SSSR count). The normalized spacial score (nSPS) is 10.5. The lowest BCUT2D eigenvalue weighted by atomic mass is 10.3. The molecule has 0 aliphatic carbocycles. The second-order valence-corrected chi connectivity index (χ2v) is 5.15. The van der Waals surface area contributed by atoms with Gasteiger partial charge in [-0.2, -0.15) is 0 Å². The number of benzene rings is 1. The summed E-state index contributed by atoms with van der Waals surface area (Å²) in [7, 11) is 0. The maximum Gasteiger partial charge on any atom is 0.140 e. The van der Waals surface area contributed by atoms with Crippen LogP contribution in [0.4, 0.5) is 0 Å². The molecular weight excluding hydrogens is 252 g/mol. The Labute approximate surface area is 110 Å². The third-order valence-electron chi connectivity index (χ3n) is 2.49. The summed E-state index contributed by atoms with van der Waals surface area (Å²) in [5.41, 5.74) is 1.91. The molecule has 0 spiro atoms. The van der Waals surface area contributed by atoms with Crippen molar-refractivity contribution in [2.75, 3.05) is 0 Å². The first-order valence-electron chi connectivity index (χ1n) is 5.34. The first kappa shape index (κ1) is 12.4. The zero-order valence-electron chi connectivity index (χ0n) is 9.77. The van der Waals surface area contributed by atoms with Crippen LogP contribution in [-0.2, 0) is 5.75 Å². The van der Waals surface area contributed by atoms with Gasteiger partial charge in [-0.15, -0.1) is 11.8 Å². The molecule has 2 aromatic rings. The number of aryl methyl sites for hydroxylation is 1. The number of hydrogen-bond acceptors (Lipinski definition) is 3. The van der Waals surface area contributed by atoms with Crippen molar-refractivity contribution < 1.29 is 0 Å². The van der Waals surface area contributed by atoms with Gasteiger partial charge in [0.15, 0.2) is 0 Å². The summed E-state index contributed by atoms with van der Waals surface area (Å²) in [5.74, 6) is 1.53. The van der Waals surface area contributed by atoms with E-state index in [1.807, 2.05) is 32.0 Å². The van der Waals surface area contributed by atoms with Gasteiger partial charge in [0.25, 0.3) is 0 Å². The highest BCUT2D eigenvalue weighted by Gasteiger charge is 2.06. The van der Waals surface area contributed by atoms with Crippen LogP contribution in [-0.4, -0.2) is 9.97 Å². The van der Waals surface area contributed by atoms with Crippen molar-refractivity contribution in [3.8, 4) is 0 Å². The van der Waals surface area contributed by atoms with Gasteiger partial charge in [-0.3, -0.25) is 0 Å². The van der Waals surface area contributed by atoms with Crippen LogP contribution in [0.25, 0.3) is 0 Å². The monoisotopic (exact) mass is 264 g/mol. The summed E-state index contributed by atoms with van der Waals surface area (Å²) < 4.78 is 0. The molecule has 0 fully saturated rings. The molecule has 0 N–H and O–H groups in total. The summed E-state index contributed by atoms with van der Waals surface area (Å²) in [4.78, 5) is 9.93. The Morgan fingerprint density at radius 2 is 1.82 bits per heavy atom. The lowest BCUT2D eigenvalue weighted by molar-refractivity contribution is 0.973. The fraction of sp³-hybridized carbons (Fsp3) is 0.231. The van der Waals surface area contributed by atoms with Crippen LogP contribution < -0.4 is 0 Å². The second-order valence-electron chi connectivity index (χ2n) is 3.74. The van der Waals surface area contributed by atoms with E-state index in [0.717, 1.165) is 22.8 Å². The summed E-state index contributed by atoms with van der Waals surface area (Å²) in [5, 5.41) is 0.557. The van der Waals surface area contributed by atoms with Crippen LogP contribution in [0, 0.1) is 13.8 Å². The maximum atomic E-state index is 6.04. The molecule has 17 heavy (non-hydrogen) atoms. The van der Waals surface area contributed by atoms with Crippen molar-refractivity contribution in [1.29, 1.82) is 0 Å². The first-order valence-corrected chi connectivity index (χ1v) is 6.70. The van der Waals surface area contributed by atoms with Crippen LogP contribution >= 0.6 is 23.4 Å². The SMILES string of the molecule is Cc1nc(CSc2ccccc2)nc(Cl)c1C. The van der Waals surface area contributed by atoms with Crippen molar-refractivity contribution in [2.45, 2.75) is 24.5 Å². The van der Waals surface area contributed by atoms with E-state index in [1.54, 1.807) is 11.8 Å². The van der Waals surface area contributed by atoms with Gasteiger partial charge in [0.1, 0.15) is 11.0 Å². The zero-order chi connectivity index (χ0) is 12.3. The quantitative estimate of drug-likeness (QED) is 0.618. The van der Waals surface area contributed by atoms with Gasteiger partial charge < -0.3 is 0 Å². The topological polar surface area (TPSA) is 25.8 Å². The summed E-state index contributed by atoms with van der Waals surface area (Å²) in [6.07, 6.45) is 0. The smallest absolute Gasteiger partial charge is 0.140 e. The van der Waals surface area contributed by atoms with E-state index < -0.39 is 0 Å². The standard InChI is InChI=1S/C13H13ClN2S/c1-9-10(2)15-12(16-13(9)14)8-17-11-6-4-3-5-7-11/h3-7H,8H2,1-2H3. The molecule has 0 saturated carbocycles. The van der Waals surface area contributed by atoms with E-state index in [4.69, 9.17) is 11.6 Å². The molecule has 0 bridgehead atoms. The van der Waals surface area contributed by atoms with E-state index in [1.165, 1.54) is 4.90 Å². The lowest BCUT2D eigenvalue weighted by Gasteiger charge is -2.05. The Morgan fingerprint density at radius 3 is 2.47 bits per heavy atom. The minimum absolute atomic E-state index is 0.557. The van der Waals surface area contributed by atoms with Gasteiger partial charge >= 0.3 is 0 Å². The highest BCUT2D eigenvalue weighted by Crippen LogP contribution is 2.22. The fourth-order valence-electron chi connectivity index (χ4n) is 1.38. The first-order chi connectivity index (χ1) is 8.16. The van der Waals surface area contributed by atoms with Crippen LogP contribution in [0.15, 0.2) is 35.2 Å². The second kappa shape index (κ2) is 5.52. The Balaban J connectivity index is 2.10. The third-order valence-corrected chi connectivity index (χ3v) is 3.86. The minimum Gasteiger partial charge on any atom is -0.237 e. The summed E-state index contributed by atoms with van der Waals surface area (Å²) >= 11 is 7.75. The van der Waals surface area contributed by atoms with Gasteiger partial charge in [0, 0.05) is 16.2 Å². The molecule has 1 heterocycles. The van der Waals surface area contributed by atoms with Crippen molar-refractivity contribution >= 4 is 23.4 Å². The molecule has 0 unspecified atom stereocenters. The number of aromatic nitrogens is 2. The molecule has 1 aromatic heterocycles. The number of thioether (sulfide) groups is 1. The molecule has 0 radical (unpaired) electrons. The van der Waals surface area contributed by atoms with Gasteiger partial charge in [0.05, 0.1) is 5.75 Å². The Hall–Kier alpha value is -1.06. The van der Waals surface area contributed by atoms with Gasteiger partial charge in [0.2, 0.25) is 0 Å². The van der Waals surface area contributed by atoms with E-state index in [0.29, 0.717) is 5.15 Å². The van der Waals surface area contributed by atoms with Crippen molar-refractivity contribution in [3.05, 3.63) is 52.6 Å². The lowest BCUT2D eigenvalue weighted by Crippen LogP contribution is -1.98. The molecule has 0 saturated heterocycles. The molecule has 4 heteroatoms. The predicted octanol–water partition coefficient (Wildman–Crippen LogP) is 4.04. The molecule has 0 atom stereocenters. The Morgan fingerprint density at radius 1 is 1.12 bits per heavy atom. The van der Waals surface area contributed by atoms with Crippen LogP contribution in [0.2, 0.25) is 5.15 Å². The molecule has 0 aliphatic rings. The minimum atomic E-state index is 0.557. The highest BCUT2D eigenvalue weighted by atomic mass is 35.5. The Bertz CT molecular complexity index is 491. The van der Waals surface area contributed by atoms with Crippen LogP contribution in [0.3, 0.4) is 0 Å². The number of rotatable bonds is 3. The largest absolute Gasteiger partial charge is 0.237 e. The predicted molar refractivity (Wildman–Crippen MR) is 72.5 cm³/mol. The van der Waals surface area contributed by atoms with E-state index >= 15 is 0 Å². The number of nitrogens with zero attached hydrogens (tertiary/aromatic N) is 2. The Kier molecular flexibility index (Phi) is 4.02. The maximum absolute atomic E-state index is 6.04. The van der Waals surface area contributed by atoms with E-state index in [9.17, 15) is 0 Å². The molecule has 0 aliphatic heterocycles. The van der Waals surface area contributed by atoms with Gasteiger partial charge in [-0.05, 0) is 26.0 Å². The van der Waals surface area contributed by atoms with Crippen LogP contribution in [0.1, 0.15) is 17.1 Å². The van der Waals surface area contributed by atoms with Crippen LogP contribution in [0.5, 0.6) is 0 Å². The molecule has 1 aromatic carbocycles. The molecule has 0 amide bonds. The van der Waals surface area contributed by atoms with Crippen molar-refractivity contribution in [2.24, 2.45) is 0 Å². The number of hydrogen-bond donors (Lipinski definition) is 0. The van der Waals surface area contributed by atoms with Gasteiger partial charge in [-0.1, -0.05) is 29.8 Å². The summed E-state index contributed by atoms with van der Waals surface area (Å²) in [6.45, 7) is 3.89. The van der Waals surface area contributed by atoms with Crippen molar-refractivity contribution in [1.82, 2.24) is 9.97 Å². The molecule has 88 valence electrons. The van der Waals surface area contributed by atoms with E-state index in [-0.39, 0.29) is 0 Å². The average molecular weight is 265 g/mol. The van der Waals surface area contributed by atoms with E-state index in [2.05, 4.69) is 22.1 Å².